The smallest absolute Gasteiger partial charge is 0.214 e. The molecule has 1 saturated heterocycles. The van der Waals surface area contributed by atoms with Crippen LogP contribution in [-0.4, -0.2) is 36.1 Å². The standard InChI is InChI=1S/C7H14N2O2S2/c1-2-6(7(8)12)9-4-3-5-13(9,10)11/h6H,2-5H2,1H3,(H2,8,12). The molecule has 0 saturated carbocycles. The van der Waals surface area contributed by atoms with Crippen LogP contribution in [-0.2, 0) is 10.0 Å². The van der Waals surface area contributed by atoms with Gasteiger partial charge < -0.3 is 5.73 Å². The van der Waals surface area contributed by atoms with Crippen molar-refractivity contribution in [2.75, 3.05) is 12.3 Å². The first-order valence-electron chi connectivity index (χ1n) is 4.28. The number of sulfonamides is 1. The van der Waals surface area contributed by atoms with Crippen molar-refractivity contribution in [3.8, 4) is 0 Å². The number of thiocarbonyl (C=S) groups is 1. The zero-order valence-corrected chi connectivity index (χ0v) is 9.20. The molecular formula is C7H14N2O2S2. The molecule has 1 fully saturated rings. The van der Waals surface area contributed by atoms with E-state index in [1.165, 1.54) is 4.31 Å². The van der Waals surface area contributed by atoms with E-state index in [9.17, 15) is 8.42 Å². The molecule has 1 rings (SSSR count). The highest BCUT2D eigenvalue weighted by molar-refractivity contribution is 7.89. The number of hydrogen-bond donors (Lipinski definition) is 1. The first-order valence-corrected chi connectivity index (χ1v) is 6.29. The van der Waals surface area contributed by atoms with E-state index >= 15 is 0 Å². The molecule has 1 aliphatic rings. The van der Waals surface area contributed by atoms with E-state index in [4.69, 9.17) is 18.0 Å². The summed E-state index contributed by atoms with van der Waals surface area (Å²) in [7, 11) is -3.08. The molecule has 0 aromatic carbocycles. The van der Waals surface area contributed by atoms with Crippen LogP contribution in [0.5, 0.6) is 0 Å². The summed E-state index contributed by atoms with van der Waals surface area (Å²) < 4.78 is 24.4. The van der Waals surface area contributed by atoms with Crippen molar-refractivity contribution in [1.82, 2.24) is 4.31 Å². The van der Waals surface area contributed by atoms with Crippen LogP contribution < -0.4 is 5.73 Å². The molecule has 1 heterocycles. The van der Waals surface area contributed by atoms with Gasteiger partial charge in [-0.1, -0.05) is 19.1 Å². The maximum atomic E-state index is 11.5. The molecule has 2 N–H and O–H groups in total. The van der Waals surface area contributed by atoms with E-state index in [0.29, 0.717) is 19.4 Å². The summed E-state index contributed by atoms with van der Waals surface area (Å²) in [5.41, 5.74) is 5.47. The van der Waals surface area contributed by atoms with Gasteiger partial charge in [0.25, 0.3) is 0 Å². The predicted octanol–water partition coefficient (Wildman–Crippen LogP) is 0.0866. The number of rotatable bonds is 3. The maximum Gasteiger partial charge on any atom is 0.214 e. The molecule has 0 aromatic rings. The highest BCUT2D eigenvalue weighted by Gasteiger charge is 2.34. The van der Waals surface area contributed by atoms with Crippen LogP contribution in [0, 0.1) is 0 Å². The second-order valence-electron chi connectivity index (χ2n) is 3.11. The van der Waals surface area contributed by atoms with Gasteiger partial charge in [0, 0.05) is 6.54 Å². The van der Waals surface area contributed by atoms with Gasteiger partial charge in [-0.15, -0.1) is 0 Å². The second kappa shape index (κ2) is 3.89. The summed E-state index contributed by atoms with van der Waals surface area (Å²) in [6.07, 6.45) is 1.33. The summed E-state index contributed by atoms with van der Waals surface area (Å²) in [4.78, 5) is 0.271. The summed E-state index contributed by atoms with van der Waals surface area (Å²) >= 11 is 4.83. The first-order chi connectivity index (χ1) is 5.99. The van der Waals surface area contributed by atoms with Gasteiger partial charge in [0.05, 0.1) is 16.8 Å². The topological polar surface area (TPSA) is 63.4 Å². The summed E-state index contributed by atoms with van der Waals surface area (Å²) in [6.45, 7) is 2.44. The lowest BCUT2D eigenvalue weighted by Crippen LogP contribution is -2.44. The lowest BCUT2D eigenvalue weighted by Gasteiger charge is -2.23. The Balaban J connectivity index is 2.87. The first kappa shape index (κ1) is 10.9. The van der Waals surface area contributed by atoms with Crippen molar-refractivity contribution in [3.63, 3.8) is 0 Å². The lowest BCUT2D eigenvalue weighted by atomic mass is 10.2. The zero-order chi connectivity index (χ0) is 10.1. The highest BCUT2D eigenvalue weighted by Crippen LogP contribution is 2.18. The van der Waals surface area contributed by atoms with Crippen LogP contribution in [0.1, 0.15) is 19.8 Å². The Labute approximate surface area is 84.1 Å². The molecule has 76 valence electrons. The van der Waals surface area contributed by atoms with Gasteiger partial charge in [-0.05, 0) is 12.8 Å². The van der Waals surface area contributed by atoms with Crippen LogP contribution in [0.3, 0.4) is 0 Å². The second-order valence-corrected chi connectivity index (χ2v) is 5.62. The summed E-state index contributed by atoms with van der Waals surface area (Å²) in [5, 5.41) is 0. The molecule has 0 bridgehead atoms. The van der Waals surface area contributed by atoms with Crippen molar-refractivity contribution >= 4 is 27.2 Å². The van der Waals surface area contributed by atoms with Crippen LogP contribution in [0.15, 0.2) is 0 Å². The average molecular weight is 222 g/mol. The fourth-order valence-electron chi connectivity index (χ4n) is 1.56. The van der Waals surface area contributed by atoms with Crippen LogP contribution in [0.25, 0.3) is 0 Å². The van der Waals surface area contributed by atoms with E-state index in [2.05, 4.69) is 0 Å². The van der Waals surface area contributed by atoms with E-state index in [0.717, 1.165) is 0 Å². The molecule has 6 heteroatoms. The maximum absolute atomic E-state index is 11.5. The molecule has 0 spiro atoms. The molecule has 13 heavy (non-hydrogen) atoms. The van der Waals surface area contributed by atoms with Crippen molar-refractivity contribution < 1.29 is 8.42 Å². The third-order valence-electron chi connectivity index (χ3n) is 2.20. The molecule has 1 aliphatic heterocycles. The van der Waals surface area contributed by atoms with E-state index in [-0.39, 0.29) is 16.8 Å². The van der Waals surface area contributed by atoms with Gasteiger partial charge in [0.1, 0.15) is 0 Å². The van der Waals surface area contributed by atoms with Crippen LogP contribution in [0.4, 0.5) is 0 Å². The number of hydrogen-bond acceptors (Lipinski definition) is 3. The molecular weight excluding hydrogens is 208 g/mol. The minimum Gasteiger partial charge on any atom is -0.392 e. The van der Waals surface area contributed by atoms with Crippen molar-refractivity contribution in [1.29, 1.82) is 0 Å². The van der Waals surface area contributed by atoms with Gasteiger partial charge in [-0.2, -0.15) is 4.31 Å². The molecule has 4 nitrogen and oxygen atoms in total. The van der Waals surface area contributed by atoms with Crippen molar-refractivity contribution in [2.45, 2.75) is 25.8 Å². The predicted molar refractivity (Wildman–Crippen MR) is 56.0 cm³/mol. The molecule has 0 radical (unpaired) electrons. The lowest BCUT2D eigenvalue weighted by molar-refractivity contribution is 0.398. The van der Waals surface area contributed by atoms with Gasteiger partial charge >= 0.3 is 0 Å². The van der Waals surface area contributed by atoms with E-state index in [1.807, 2.05) is 6.92 Å². The normalized spacial score (nSPS) is 24.4. The fraction of sp³-hybridized carbons (Fsp3) is 0.857. The Hall–Kier alpha value is -0.200. The summed E-state index contributed by atoms with van der Waals surface area (Å²) in [5.74, 6) is 0.228. The fourth-order valence-corrected chi connectivity index (χ4v) is 3.70. The number of nitrogens with two attached hydrogens (primary N) is 1. The van der Waals surface area contributed by atoms with Crippen molar-refractivity contribution in [2.24, 2.45) is 5.73 Å². The monoisotopic (exact) mass is 222 g/mol. The van der Waals surface area contributed by atoms with E-state index in [1.54, 1.807) is 0 Å². The number of nitrogens with zero attached hydrogens (tertiary/aromatic N) is 1. The van der Waals surface area contributed by atoms with Gasteiger partial charge in [-0.3, -0.25) is 0 Å². The van der Waals surface area contributed by atoms with Crippen LogP contribution >= 0.6 is 12.2 Å². The quantitative estimate of drug-likeness (QED) is 0.687. The van der Waals surface area contributed by atoms with Crippen LogP contribution in [0.2, 0.25) is 0 Å². The molecule has 0 aromatic heterocycles. The zero-order valence-electron chi connectivity index (χ0n) is 7.56. The third kappa shape index (κ3) is 2.18. The Morgan fingerprint density at radius 3 is 2.62 bits per heavy atom. The Bertz CT molecular complexity index is 300. The van der Waals surface area contributed by atoms with Crippen molar-refractivity contribution in [3.05, 3.63) is 0 Å². The molecule has 0 amide bonds. The third-order valence-corrected chi connectivity index (χ3v) is 4.43. The summed E-state index contributed by atoms with van der Waals surface area (Å²) in [6, 6.07) is -0.289. The molecule has 1 atom stereocenters. The molecule has 1 unspecified atom stereocenters. The Morgan fingerprint density at radius 1 is 1.69 bits per heavy atom. The van der Waals surface area contributed by atoms with E-state index < -0.39 is 10.0 Å². The highest BCUT2D eigenvalue weighted by atomic mass is 32.2. The van der Waals surface area contributed by atoms with Gasteiger partial charge in [0.15, 0.2) is 0 Å². The van der Waals surface area contributed by atoms with Gasteiger partial charge in [-0.25, -0.2) is 8.42 Å². The molecule has 0 aliphatic carbocycles. The SMILES string of the molecule is CCC(C(N)=S)N1CCCS1(=O)=O. The Kier molecular flexibility index (Phi) is 3.26. The Morgan fingerprint density at radius 2 is 2.31 bits per heavy atom. The minimum absolute atomic E-state index is 0.228. The van der Waals surface area contributed by atoms with Gasteiger partial charge in [0.2, 0.25) is 10.0 Å². The average Bonchev–Trinajstić information content (AvgIpc) is 2.32. The largest absolute Gasteiger partial charge is 0.392 e. The minimum atomic E-state index is -3.08.